The van der Waals surface area contributed by atoms with Gasteiger partial charge in [0.05, 0.1) is 5.56 Å². The third kappa shape index (κ3) is 5.69. The molecule has 6 heteroatoms. The summed E-state index contributed by atoms with van der Waals surface area (Å²) in [4.78, 5) is 22.9. The van der Waals surface area contributed by atoms with Crippen molar-refractivity contribution in [1.82, 2.24) is 16.0 Å². The molecule has 0 spiro atoms. The van der Waals surface area contributed by atoms with E-state index in [2.05, 4.69) is 16.0 Å². The summed E-state index contributed by atoms with van der Waals surface area (Å²) >= 11 is 0. The van der Waals surface area contributed by atoms with Gasteiger partial charge < -0.3 is 16.0 Å². The molecular formula is C14H20FN3O2. The molecule has 1 aromatic rings. The van der Waals surface area contributed by atoms with Crippen molar-refractivity contribution in [3.8, 4) is 0 Å². The van der Waals surface area contributed by atoms with E-state index in [4.69, 9.17) is 0 Å². The zero-order valence-corrected chi connectivity index (χ0v) is 11.7. The number of rotatable bonds is 6. The van der Waals surface area contributed by atoms with Crippen LogP contribution in [0.15, 0.2) is 24.3 Å². The van der Waals surface area contributed by atoms with Crippen LogP contribution in [-0.4, -0.2) is 31.1 Å². The summed E-state index contributed by atoms with van der Waals surface area (Å²) in [6.45, 7) is 4.55. The van der Waals surface area contributed by atoms with E-state index in [0.29, 0.717) is 19.5 Å². The van der Waals surface area contributed by atoms with E-state index in [9.17, 15) is 14.0 Å². The fourth-order valence-corrected chi connectivity index (χ4v) is 1.55. The number of urea groups is 1. The molecule has 0 saturated heterocycles. The lowest BCUT2D eigenvalue weighted by Crippen LogP contribution is -2.40. The Morgan fingerprint density at radius 2 is 1.80 bits per heavy atom. The van der Waals surface area contributed by atoms with Gasteiger partial charge in [-0.1, -0.05) is 12.1 Å². The fourth-order valence-electron chi connectivity index (χ4n) is 1.55. The van der Waals surface area contributed by atoms with Crippen molar-refractivity contribution < 1.29 is 14.0 Å². The monoisotopic (exact) mass is 281 g/mol. The summed E-state index contributed by atoms with van der Waals surface area (Å²) in [5.41, 5.74) is 0.0259. The van der Waals surface area contributed by atoms with E-state index in [1.807, 2.05) is 13.8 Å². The van der Waals surface area contributed by atoms with Gasteiger partial charge in [-0.05, 0) is 32.4 Å². The van der Waals surface area contributed by atoms with Crippen molar-refractivity contribution in [2.24, 2.45) is 0 Å². The number of nitrogens with one attached hydrogen (secondary N) is 3. The summed E-state index contributed by atoms with van der Waals surface area (Å²) in [5, 5.41) is 7.96. The highest BCUT2D eigenvalue weighted by Gasteiger charge is 2.09. The average molecular weight is 281 g/mol. The van der Waals surface area contributed by atoms with Crippen LogP contribution in [0.1, 0.15) is 30.6 Å². The van der Waals surface area contributed by atoms with Gasteiger partial charge in [-0.2, -0.15) is 0 Å². The maximum Gasteiger partial charge on any atom is 0.314 e. The second-order valence-electron chi connectivity index (χ2n) is 4.64. The van der Waals surface area contributed by atoms with E-state index < -0.39 is 11.7 Å². The SMILES string of the molecule is CC(C)NC(=O)NCCCNC(=O)c1ccccc1F. The molecule has 3 N–H and O–H groups in total. The first-order valence-corrected chi connectivity index (χ1v) is 6.58. The second kappa shape index (κ2) is 8.14. The Hall–Kier alpha value is -2.11. The van der Waals surface area contributed by atoms with Crippen molar-refractivity contribution in [3.05, 3.63) is 35.6 Å². The van der Waals surface area contributed by atoms with Crippen LogP contribution in [0.3, 0.4) is 0 Å². The highest BCUT2D eigenvalue weighted by Crippen LogP contribution is 2.05. The van der Waals surface area contributed by atoms with Gasteiger partial charge in [0.15, 0.2) is 0 Å². The summed E-state index contributed by atoms with van der Waals surface area (Å²) in [7, 11) is 0. The van der Waals surface area contributed by atoms with Crippen LogP contribution in [0, 0.1) is 5.82 Å². The van der Waals surface area contributed by atoms with Gasteiger partial charge in [-0.3, -0.25) is 4.79 Å². The molecule has 0 bridgehead atoms. The highest BCUT2D eigenvalue weighted by atomic mass is 19.1. The zero-order chi connectivity index (χ0) is 15.0. The molecule has 0 aromatic heterocycles. The normalized spacial score (nSPS) is 10.2. The Kier molecular flexibility index (Phi) is 6.49. The third-order valence-electron chi connectivity index (χ3n) is 2.46. The minimum atomic E-state index is -0.542. The van der Waals surface area contributed by atoms with E-state index in [-0.39, 0.29) is 17.6 Å². The molecule has 0 heterocycles. The Morgan fingerprint density at radius 3 is 2.45 bits per heavy atom. The number of halogens is 1. The lowest BCUT2D eigenvalue weighted by atomic mass is 10.2. The second-order valence-corrected chi connectivity index (χ2v) is 4.64. The van der Waals surface area contributed by atoms with Crippen LogP contribution < -0.4 is 16.0 Å². The van der Waals surface area contributed by atoms with Crippen LogP contribution in [0.5, 0.6) is 0 Å². The highest BCUT2D eigenvalue weighted by molar-refractivity contribution is 5.94. The molecule has 0 fully saturated rings. The molecule has 1 aromatic carbocycles. The first-order valence-electron chi connectivity index (χ1n) is 6.58. The van der Waals surface area contributed by atoms with E-state index in [0.717, 1.165) is 0 Å². The molecule has 20 heavy (non-hydrogen) atoms. The van der Waals surface area contributed by atoms with Gasteiger partial charge in [-0.15, -0.1) is 0 Å². The van der Waals surface area contributed by atoms with Gasteiger partial charge in [0.25, 0.3) is 5.91 Å². The number of amides is 3. The van der Waals surface area contributed by atoms with Gasteiger partial charge in [0.2, 0.25) is 0 Å². The standard InChI is InChI=1S/C14H20FN3O2/c1-10(2)18-14(20)17-9-5-8-16-13(19)11-6-3-4-7-12(11)15/h3-4,6-7,10H,5,8-9H2,1-2H3,(H,16,19)(H2,17,18,20). The fraction of sp³-hybridized carbons (Fsp3) is 0.429. The molecule has 0 aliphatic carbocycles. The van der Waals surface area contributed by atoms with Crippen LogP contribution in [0.4, 0.5) is 9.18 Å². The largest absolute Gasteiger partial charge is 0.352 e. The van der Waals surface area contributed by atoms with E-state index in [1.165, 1.54) is 18.2 Å². The Bertz CT molecular complexity index is 463. The van der Waals surface area contributed by atoms with Crippen molar-refractivity contribution in [3.63, 3.8) is 0 Å². The van der Waals surface area contributed by atoms with Crippen LogP contribution in [0.25, 0.3) is 0 Å². The number of hydrogen-bond acceptors (Lipinski definition) is 2. The van der Waals surface area contributed by atoms with Gasteiger partial charge in [0, 0.05) is 19.1 Å². The molecule has 0 aliphatic rings. The minimum absolute atomic E-state index is 0.0259. The van der Waals surface area contributed by atoms with Crippen LogP contribution in [0.2, 0.25) is 0 Å². The van der Waals surface area contributed by atoms with Gasteiger partial charge in [0.1, 0.15) is 5.82 Å². The van der Waals surface area contributed by atoms with Crippen molar-refractivity contribution in [2.45, 2.75) is 26.3 Å². The van der Waals surface area contributed by atoms with Crippen LogP contribution >= 0.6 is 0 Å². The van der Waals surface area contributed by atoms with Crippen molar-refractivity contribution in [1.29, 1.82) is 0 Å². The number of carbonyl (C=O) groups excluding carboxylic acids is 2. The molecule has 0 atom stereocenters. The molecular weight excluding hydrogens is 261 g/mol. The van der Waals surface area contributed by atoms with E-state index in [1.54, 1.807) is 6.07 Å². The predicted molar refractivity (Wildman–Crippen MR) is 75.0 cm³/mol. The first-order chi connectivity index (χ1) is 9.50. The lowest BCUT2D eigenvalue weighted by molar-refractivity contribution is 0.0949. The lowest BCUT2D eigenvalue weighted by Gasteiger charge is -2.10. The molecule has 1 rings (SSSR count). The quantitative estimate of drug-likeness (QED) is 0.694. The van der Waals surface area contributed by atoms with Crippen molar-refractivity contribution >= 4 is 11.9 Å². The smallest absolute Gasteiger partial charge is 0.314 e. The number of carbonyl (C=O) groups is 2. The van der Waals surface area contributed by atoms with Crippen molar-refractivity contribution in [2.75, 3.05) is 13.1 Å². The molecule has 0 unspecified atom stereocenters. The maximum atomic E-state index is 13.3. The Labute approximate surface area is 117 Å². The topological polar surface area (TPSA) is 70.2 Å². The third-order valence-corrected chi connectivity index (χ3v) is 2.46. The van der Waals surface area contributed by atoms with Crippen LogP contribution in [-0.2, 0) is 0 Å². The molecule has 0 aliphatic heterocycles. The zero-order valence-electron chi connectivity index (χ0n) is 11.7. The summed E-state index contributed by atoms with van der Waals surface area (Å²) in [6.07, 6.45) is 0.575. The summed E-state index contributed by atoms with van der Waals surface area (Å²) in [5.74, 6) is -0.992. The van der Waals surface area contributed by atoms with Gasteiger partial charge in [-0.25, -0.2) is 9.18 Å². The first kappa shape index (κ1) is 15.9. The Balaban J connectivity index is 2.20. The average Bonchev–Trinajstić information content (AvgIpc) is 2.37. The number of benzene rings is 1. The maximum absolute atomic E-state index is 13.3. The van der Waals surface area contributed by atoms with Gasteiger partial charge >= 0.3 is 6.03 Å². The van der Waals surface area contributed by atoms with E-state index >= 15 is 0 Å². The molecule has 0 radical (unpaired) electrons. The molecule has 110 valence electrons. The summed E-state index contributed by atoms with van der Waals surface area (Å²) in [6, 6.07) is 5.65. The molecule has 3 amide bonds. The number of hydrogen-bond donors (Lipinski definition) is 3. The predicted octanol–water partition coefficient (Wildman–Crippen LogP) is 1.65. The summed E-state index contributed by atoms with van der Waals surface area (Å²) < 4.78 is 13.3. The Morgan fingerprint density at radius 1 is 1.15 bits per heavy atom. The molecule has 5 nitrogen and oxygen atoms in total. The molecule has 0 saturated carbocycles. The minimum Gasteiger partial charge on any atom is -0.352 e.